The number of carbonyl (C=O) groups excluding carboxylic acids is 2. The summed E-state index contributed by atoms with van der Waals surface area (Å²) >= 11 is 1.25. The van der Waals surface area contributed by atoms with Gasteiger partial charge in [0.15, 0.2) is 0 Å². The first-order valence-corrected chi connectivity index (χ1v) is 11.3. The molecule has 0 unspecified atom stereocenters. The lowest BCUT2D eigenvalue weighted by Gasteiger charge is -2.15. The SMILES string of the molecule is CNC(=O)c1cc(Oc2ccc(CNC(=O)Nc3sc(C(C)(C)C)cc3C(=O)O)cc2)ccn1. The van der Waals surface area contributed by atoms with Gasteiger partial charge in [0.25, 0.3) is 5.91 Å². The Morgan fingerprint density at radius 2 is 1.76 bits per heavy atom. The average Bonchev–Trinajstić information content (AvgIpc) is 3.23. The molecule has 0 aliphatic rings. The molecule has 0 radical (unpaired) electrons. The van der Waals surface area contributed by atoms with E-state index in [2.05, 4.69) is 20.9 Å². The number of aromatic nitrogens is 1. The second kappa shape index (κ2) is 10.3. The van der Waals surface area contributed by atoms with Crippen molar-refractivity contribution in [3.05, 3.63) is 70.4 Å². The molecule has 4 N–H and O–H groups in total. The Kier molecular flexibility index (Phi) is 7.52. The maximum Gasteiger partial charge on any atom is 0.338 e. The van der Waals surface area contributed by atoms with E-state index < -0.39 is 12.0 Å². The summed E-state index contributed by atoms with van der Waals surface area (Å²) in [6.07, 6.45) is 1.49. The van der Waals surface area contributed by atoms with Crippen LogP contribution in [-0.2, 0) is 12.0 Å². The number of hydrogen-bond donors (Lipinski definition) is 4. The van der Waals surface area contributed by atoms with E-state index in [9.17, 15) is 19.5 Å². The quantitative estimate of drug-likeness (QED) is 0.389. The van der Waals surface area contributed by atoms with Gasteiger partial charge in [-0.25, -0.2) is 9.59 Å². The van der Waals surface area contributed by atoms with Gasteiger partial charge in [-0.15, -0.1) is 11.3 Å². The fraction of sp³-hybridized carbons (Fsp3) is 0.250. The number of aromatic carboxylic acids is 1. The number of anilines is 1. The van der Waals surface area contributed by atoms with Crippen LogP contribution in [0.2, 0.25) is 0 Å². The van der Waals surface area contributed by atoms with Crippen molar-refractivity contribution in [2.75, 3.05) is 12.4 Å². The summed E-state index contributed by atoms with van der Waals surface area (Å²) in [6.45, 7) is 6.19. The second-order valence-corrected chi connectivity index (χ2v) is 9.47. The van der Waals surface area contributed by atoms with E-state index >= 15 is 0 Å². The predicted molar refractivity (Wildman–Crippen MR) is 130 cm³/mol. The summed E-state index contributed by atoms with van der Waals surface area (Å²) in [5.74, 6) is -0.368. The third-order valence-corrected chi connectivity index (χ3v) is 6.21. The number of carboxylic acids is 1. The van der Waals surface area contributed by atoms with E-state index in [-0.39, 0.29) is 29.1 Å². The van der Waals surface area contributed by atoms with Gasteiger partial charge in [0.1, 0.15) is 22.2 Å². The molecule has 9 nitrogen and oxygen atoms in total. The fourth-order valence-electron chi connectivity index (χ4n) is 2.88. The number of ether oxygens (including phenoxy) is 1. The number of rotatable bonds is 7. The summed E-state index contributed by atoms with van der Waals surface area (Å²) in [4.78, 5) is 40.5. The van der Waals surface area contributed by atoms with Crippen LogP contribution in [0.25, 0.3) is 0 Å². The Morgan fingerprint density at radius 3 is 2.38 bits per heavy atom. The van der Waals surface area contributed by atoms with Crippen molar-refractivity contribution < 1.29 is 24.2 Å². The van der Waals surface area contributed by atoms with Crippen LogP contribution >= 0.6 is 11.3 Å². The smallest absolute Gasteiger partial charge is 0.338 e. The molecular formula is C24H26N4O5S. The summed E-state index contributed by atoms with van der Waals surface area (Å²) in [7, 11) is 1.53. The molecule has 0 spiro atoms. The number of hydrogen-bond acceptors (Lipinski definition) is 6. The minimum atomic E-state index is -1.09. The van der Waals surface area contributed by atoms with Crippen molar-refractivity contribution in [2.24, 2.45) is 0 Å². The van der Waals surface area contributed by atoms with Gasteiger partial charge in [0.2, 0.25) is 0 Å². The van der Waals surface area contributed by atoms with Crippen LogP contribution < -0.4 is 20.7 Å². The minimum Gasteiger partial charge on any atom is -0.478 e. The number of urea groups is 1. The molecule has 0 atom stereocenters. The molecule has 0 bridgehead atoms. The maximum absolute atomic E-state index is 12.4. The van der Waals surface area contributed by atoms with E-state index in [1.54, 1.807) is 42.5 Å². The minimum absolute atomic E-state index is 0.0715. The predicted octanol–water partition coefficient (Wildman–Crippen LogP) is 4.61. The van der Waals surface area contributed by atoms with Gasteiger partial charge in [0.05, 0.1) is 5.56 Å². The van der Waals surface area contributed by atoms with E-state index in [1.165, 1.54) is 24.6 Å². The highest BCUT2D eigenvalue weighted by Crippen LogP contribution is 2.36. The molecule has 3 rings (SSSR count). The number of amides is 3. The number of pyridine rings is 1. The molecule has 2 aromatic heterocycles. The standard InChI is InChI=1S/C24H26N4O5S/c1-24(2,3)19-12-17(22(30)31)21(34-19)28-23(32)27-13-14-5-7-15(8-6-14)33-16-9-10-26-18(11-16)20(29)25-4/h5-12H,13H2,1-4H3,(H,25,29)(H,30,31)(H2,27,28,32). The van der Waals surface area contributed by atoms with Crippen LogP contribution in [0.5, 0.6) is 11.5 Å². The molecule has 3 amide bonds. The highest BCUT2D eigenvalue weighted by atomic mass is 32.1. The second-order valence-electron chi connectivity index (χ2n) is 8.42. The van der Waals surface area contributed by atoms with Crippen molar-refractivity contribution in [2.45, 2.75) is 32.7 Å². The lowest BCUT2D eigenvalue weighted by molar-refractivity contribution is 0.0698. The average molecular weight is 483 g/mol. The van der Waals surface area contributed by atoms with Crippen LogP contribution in [0.3, 0.4) is 0 Å². The van der Waals surface area contributed by atoms with Crippen LogP contribution in [-0.4, -0.2) is 35.0 Å². The van der Waals surface area contributed by atoms with Crippen molar-refractivity contribution in [1.29, 1.82) is 0 Å². The largest absolute Gasteiger partial charge is 0.478 e. The Hall–Kier alpha value is -3.92. The Morgan fingerprint density at radius 1 is 1.06 bits per heavy atom. The van der Waals surface area contributed by atoms with Gasteiger partial charge in [-0.3, -0.25) is 15.1 Å². The van der Waals surface area contributed by atoms with Crippen LogP contribution in [0, 0.1) is 0 Å². The lowest BCUT2D eigenvalue weighted by atomic mass is 9.94. The van der Waals surface area contributed by atoms with Crippen LogP contribution in [0.15, 0.2) is 48.7 Å². The maximum atomic E-state index is 12.4. The lowest BCUT2D eigenvalue weighted by Crippen LogP contribution is -2.28. The molecule has 0 aliphatic carbocycles. The zero-order chi connectivity index (χ0) is 24.9. The number of carbonyl (C=O) groups is 3. The van der Waals surface area contributed by atoms with Gasteiger partial charge in [-0.1, -0.05) is 32.9 Å². The highest BCUT2D eigenvalue weighted by Gasteiger charge is 2.23. The molecule has 0 fully saturated rings. The van der Waals surface area contributed by atoms with Crippen molar-refractivity contribution in [1.82, 2.24) is 15.6 Å². The van der Waals surface area contributed by atoms with Crippen molar-refractivity contribution in [3.63, 3.8) is 0 Å². The molecular weight excluding hydrogens is 456 g/mol. The summed E-state index contributed by atoms with van der Waals surface area (Å²) in [6, 6.07) is 11.4. The fourth-order valence-corrected chi connectivity index (χ4v) is 3.98. The number of nitrogens with one attached hydrogen (secondary N) is 3. The molecule has 0 aliphatic heterocycles. The van der Waals surface area contributed by atoms with Crippen molar-refractivity contribution >= 4 is 34.2 Å². The van der Waals surface area contributed by atoms with E-state index in [4.69, 9.17) is 4.74 Å². The van der Waals surface area contributed by atoms with E-state index in [0.29, 0.717) is 16.5 Å². The van der Waals surface area contributed by atoms with Crippen LogP contribution in [0.4, 0.5) is 9.80 Å². The normalized spacial score (nSPS) is 10.9. The van der Waals surface area contributed by atoms with Crippen LogP contribution in [0.1, 0.15) is 52.1 Å². The number of nitrogens with zero attached hydrogens (tertiary/aromatic N) is 1. The topological polar surface area (TPSA) is 130 Å². The molecule has 34 heavy (non-hydrogen) atoms. The molecule has 178 valence electrons. The van der Waals surface area contributed by atoms with Gasteiger partial charge < -0.3 is 20.5 Å². The zero-order valence-electron chi connectivity index (χ0n) is 19.3. The molecule has 0 saturated carbocycles. The monoisotopic (exact) mass is 482 g/mol. The highest BCUT2D eigenvalue weighted by molar-refractivity contribution is 7.16. The summed E-state index contributed by atoms with van der Waals surface area (Å²) < 4.78 is 5.76. The Labute approximate surface area is 201 Å². The zero-order valence-corrected chi connectivity index (χ0v) is 20.1. The third kappa shape index (κ3) is 6.32. The third-order valence-electron chi connectivity index (χ3n) is 4.73. The van der Waals surface area contributed by atoms with Gasteiger partial charge in [0, 0.05) is 30.7 Å². The summed E-state index contributed by atoms with van der Waals surface area (Å²) in [5.41, 5.74) is 0.916. The molecule has 0 saturated heterocycles. The molecule has 3 aromatic rings. The summed E-state index contributed by atoms with van der Waals surface area (Å²) in [5, 5.41) is 17.6. The van der Waals surface area contributed by atoms with E-state index in [0.717, 1.165) is 10.4 Å². The molecule has 1 aromatic carbocycles. The molecule has 10 heteroatoms. The van der Waals surface area contributed by atoms with Gasteiger partial charge in [-0.05, 0) is 35.2 Å². The van der Waals surface area contributed by atoms with Gasteiger partial charge >= 0.3 is 12.0 Å². The van der Waals surface area contributed by atoms with Gasteiger partial charge in [-0.2, -0.15) is 0 Å². The van der Waals surface area contributed by atoms with E-state index in [1.807, 2.05) is 20.8 Å². The first-order chi connectivity index (χ1) is 16.1. The number of benzene rings is 1. The first kappa shape index (κ1) is 24.7. The Balaban J connectivity index is 1.59. The first-order valence-electron chi connectivity index (χ1n) is 10.4. The Bertz CT molecular complexity index is 1200. The number of carboxylic acid groups (broad SMARTS) is 1. The van der Waals surface area contributed by atoms with Crippen molar-refractivity contribution in [3.8, 4) is 11.5 Å². The molecule has 2 heterocycles. The number of thiophene rings is 1.